The van der Waals surface area contributed by atoms with E-state index in [1.807, 2.05) is 30.3 Å². The van der Waals surface area contributed by atoms with Crippen molar-refractivity contribution < 1.29 is 14.3 Å². The van der Waals surface area contributed by atoms with E-state index in [9.17, 15) is 9.59 Å². The summed E-state index contributed by atoms with van der Waals surface area (Å²) in [4.78, 5) is 29.8. The third-order valence-electron chi connectivity index (χ3n) is 4.06. The van der Waals surface area contributed by atoms with Gasteiger partial charge in [0.25, 0.3) is 5.91 Å². The number of carbonyl (C=O) groups excluding carboxylic acids is 2. The Morgan fingerprint density at radius 2 is 2.00 bits per heavy atom. The molecule has 0 aliphatic carbocycles. The molecule has 2 amide bonds. The number of benzene rings is 1. The van der Waals surface area contributed by atoms with Crippen molar-refractivity contribution in [3.63, 3.8) is 0 Å². The molecule has 24 heavy (non-hydrogen) atoms. The second kappa shape index (κ2) is 7.12. The standard InChI is InChI=1S/C18H19N3O3/c19-17(22)14-5-4-10-21(12-14)18(23)13-8-9-20-16(11-13)24-15-6-2-1-3-7-15/h1-3,6-9,11,14H,4-5,10,12H2,(H2,19,22)/t14-/m0/s1. The molecule has 2 heterocycles. The number of pyridine rings is 1. The Morgan fingerprint density at radius 1 is 1.21 bits per heavy atom. The summed E-state index contributed by atoms with van der Waals surface area (Å²) in [5.41, 5.74) is 5.86. The zero-order valence-electron chi connectivity index (χ0n) is 13.2. The van der Waals surface area contributed by atoms with Gasteiger partial charge in [-0.05, 0) is 31.0 Å². The lowest BCUT2D eigenvalue weighted by Gasteiger charge is -2.31. The molecule has 2 aromatic rings. The van der Waals surface area contributed by atoms with Crippen molar-refractivity contribution in [2.75, 3.05) is 13.1 Å². The monoisotopic (exact) mass is 325 g/mol. The van der Waals surface area contributed by atoms with Crippen LogP contribution in [0.5, 0.6) is 11.6 Å². The lowest BCUT2D eigenvalue weighted by Crippen LogP contribution is -2.44. The number of hydrogen-bond acceptors (Lipinski definition) is 4. The summed E-state index contributed by atoms with van der Waals surface area (Å²) in [5.74, 6) is 0.248. The van der Waals surface area contributed by atoms with Crippen molar-refractivity contribution in [2.24, 2.45) is 11.7 Å². The summed E-state index contributed by atoms with van der Waals surface area (Å²) in [6.07, 6.45) is 3.05. The predicted octanol–water partition coefficient (Wildman–Crippen LogP) is 2.21. The molecule has 6 heteroatoms. The maximum absolute atomic E-state index is 12.7. The number of nitrogens with zero attached hydrogens (tertiary/aromatic N) is 2. The molecule has 1 fully saturated rings. The van der Waals surface area contributed by atoms with Crippen molar-refractivity contribution in [1.82, 2.24) is 9.88 Å². The highest BCUT2D eigenvalue weighted by Crippen LogP contribution is 2.22. The Kier molecular flexibility index (Phi) is 4.74. The van der Waals surface area contributed by atoms with Crippen LogP contribution in [0.4, 0.5) is 0 Å². The van der Waals surface area contributed by atoms with E-state index in [4.69, 9.17) is 10.5 Å². The molecular formula is C18H19N3O3. The van der Waals surface area contributed by atoms with Crippen LogP contribution >= 0.6 is 0 Å². The Balaban J connectivity index is 1.73. The van der Waals surface area contributed by atoms with E-state index in [0.717, 1.165) is 12.8 Å². The number of piperidine rings is 1. The fourth-order valence-electron chi connectivity index (χ4n) is 2.78. The summed E-state index contributed by atoms with van der Waals surface area (Å²) < 4.78 is 5.66. The molecule has 0 unspecified atom stereocenters. The van der Waals surface area contributed by atoms with Gasteiger partial charge in [0.05, 0.1) is 5.92 Å². The highest BCUT2D eigenvalue weighted by atomic mass is 16.5. The zero-order valence-corrected chi connectivity index (χ0v) is 13.2. The second-order valence-electron chi connectivity index (χ2n) is 5.79. The Bertz CT molecular complexity index is 733. The van der Waals surface area contributed by atoms with Crippen LogP contribution in [0, 0.1) is 5.92 Å². The van der Waals surface area contributed by atoms with E-state index >= 15 is 0 Å². The third kappa shape index (κ3) is 3.71. The molecule has 6 nitrogen and oxygen atoms in total. The number of primary amides is 1. The van der Waals surface area contributed by atoms with Crippen LogP contribution in [0.3, 0.4) is 0 Å². The number of ether oxygens (including phenoxy) is 1. The van der Waals surface area contributed by atoms with Crippen molar-refractivity contribution in [3.05, 3.63) is 54.2 Å². The van der Waals surface area contributed by atoms with Gasteiger partial charge >= 0.3 is 0 Å². The van der Waals surface area contributed by atoms with Gasteiger partial charge in [-0.1, -0.05) is 18.2 Å². The maximum atomic E-state index is 12.7. The first kappa shape index (κ1) is 16.0. The van der Waals surface area contributed by atoms with E-state index < -0.39 is 0 Å². The van der Waals surface area contributed by atoms with Crippen LogP contribution in [0.15, 0.2) is 48.7 Å². The van der Waals surface area contributed by atoms with Gasteiger partial charge in [0.15, 0.2) is 0 Å². The van der Waals surface area contributed by atoms with Gasteiger partial charge in [-0.3, -0.25) is 9.59 Å². The lowest BCUT2D eigenvalue weighted by molar-refractivity contribution is -0.123. The number of likely N-dealkylation sites (tertiary alicyclic amines) is 1. The highest BCUT2D eigenvalue weighted by Gasteiger charge is 2.27. The first-order chi connectivity index (χ1) is 11.6. The van der Waals surface area contributed by atoms with E-state index in [0.29, 0.717) is 30.3 Å². The number of para-hydroxylation sites is 1. The van der Waals surface area contributed by atoms with Gasteiger partial charge in [-0.25, -0.2) is 4.98 Å². The maximum Gasteiger partial charge on any atom is 0.254 e. The molecule has 0 spiro atoms. The van der Waals surface area contributed by atoms with Gasteiger partial charge < -0.3 is 15.4 Å². The van der Waals surface area contributed by atoms with Crippen LogP contribution in [0.25, 0.3) is 0 Å². The van der Waals surface area contributed by atoms with E-state index in [2.05, 4.69) is 4.98 Å². The molecule has 1 saturated heterocycles. The summed E-state index contributed by atoms with van der Waals surface area (Å²) in [6, 6.07) is 12.5. The lowest BCUT2D eigenvalue weighted by atomic mass is 9.97. The molecule has 2 N–H and O–H groups in total. The molecule has 1 aromatic heterocycles. The van der Waals surface area contributed by atoms with E-state index in [-0.39, 0.29) is 17.7 Å². The molecular weight excluding hydrogens is 306 g/mol. The number of amides is 2. The fraction of sp³-hybridized carbons (Fsp3) is 0.278. The normalized spacial score (nSPS) is 17.3. The minimum Gasteiger partial charge on any atom is -0.439 e. The van der Waals surface area contributed by atoms with Crippen LogP contribution in [-0.4, -0.2) is 34.8 Å². The topological polar surface area (TPSA) is 85.5 Å². The molecule has 3 rings (SSSR count). The fourth-order valence-corrected chi connectivity index (χ4v) is 2.78. The molecule has 1 aliphatic rings. The van der Waals surface area contributed by atoms with E-state index in [1.54, 1.807) is 23.2 Å². The molecule has 0 bridgehead atoms. The third-order valence-corrected chi connectivity index (χ3v) is 4.06. The van der Waals surface area contributed by atoms with E-state index in [1.165, 1.54) is 0 Å². The van der Waals surface area contributed by atoms with Crippen LogP contribution in [0.1, 0.15) is 23.2 Å². The predicted molar refractivity (Wildman–Crippen MR) is 88.6 cm³/mol. The number of carbonyl (C=O) groups is 2. The molecule has 0 radical (unpaired) electrons. The highest BCUT2D eigenvalue weighted by molar-refractivity contribution is 5.94. The largest absolute Gasteiger partial charge is 0.439 e. The van der Waals surface area contributed by atoms with Gasteiger partial charge in [0, 0.05) is 30.9 Å². The van der Waals surface area contributed by atoms with Crippen molar-refractivity contribution in [2.45, 2.75) is 12.8 Å². The molecule has 1 aliphatic heterocycles. The Hall–Kier alpha value is -2.89. The Morgan fingerprint density at radius 3 is 2.75 bits per heavy atom. The van der Waals surface area contributed by atoms with Crippen LogP contribution in [0.2, 0.25) is 0 Å². The van der Waals surface area contributed by atoms with Crippen molar-refractivity contribution in [3.8, 4) is 11.6 Å². The molecule has 124 valence electrons. The van der Waals surface area contributed by atoms with Crippen molar-refractivity contribution in [1.29, 1.82) is 0 Å². The van der Waals surface area contributed by atoms with Gasteiger partial charge in [-0.2, -0.15) is 0 Å². The quantitative estimate of drug-likeness (QED) is 0.934. The zero-order chi connectivity index (χ0) is 16.9. The van der Waals surface area contributed by atoms with Gasteiger partial charge in [0.1, 0.15) is 5.75 Å². The summed E-state index contributed by atoms with van der Waals surface area (Å²) >= 11 is 0. The minimum absolute atomic E-state index is 0.138. The molecule has 1 atom stereocenters. The van der Waals surface area contributed by atoms with Crippen LogP contribution in [-0.2, 0) is 4.79 Å². The average molecular weight is 325 g/mol. The summed E-state index contributed by atoms with van der Waals surface area (Å²) in [6.45, 7) is 0.991. The molecule has 0 saturated carbocycles. The first-order valence-electron chi connectivity index (χ1n) is 7.91. The van der Waals surface area contributed by atoms with Gasteiger partial charge in [0.2, 0.25) is 11.8 Å². The minimum atomic E-state index is -0.352. The molecule has 1 aromatic carbocycles. The van der Waals surface area contributed by atoms with Crippen molar-refractivity contribution >= 4 is 11.8 Å². The Labute approximate surface area is 140 Å². The second-order valence-corrected chi connectivity index (χ2v) is 5.79. The van der Waals surface area contributed by atoms with Gasteiger partial charge in [-0.15, -0.1) is 0 Å². The smallest absolute Gasteiger partial charge is 0.254 e. The summed E-state index contributed by atoms with van der Waals surface area (Å²) in [7, 11) is 0. The SMILES string of the molecule is NC(=O)[C@H]1CCCN(C(=O)c2ccnc(Oc3ccccc3)c2)C1. The number of nitrogens with two attached hydrogens (primary N) is 1. The number of hydrogen-bond donors (Lipinski definition) is 1. The average Bonchev–Trinajstić information content (AvgIpc) is 2.62. The first-order valence-corrected chi connectivity index (χ1v) is 7.91. The van der Waals surface area contributed by atoms with Crippen LogP contribution < -0.4 is 10.5 Å². The number of rotatable bonds is 4. The number of aromatic nitrogens is 1. The summed E-state index contributed by atoms with van der Waals surface area (Å²) in [5, 5.41) is 0.